The average molecular weight is 471 g/mol. The smallest absolute Gasteiger partial charge is 0.417 e. The van der Waals surface area contributed by atoms with Gasteiger partial charge < -0.3 is 20.6 Å². The molecule has 1 aromatic heterocycles. The Morgan fingerprint density at radius 3 is 2.34 bits per heavy atom. The van der Waals surface area contributed by atoms with E-state index in [2.05, 4.69) is 15.6 Å². The standard InChI is InChI=1S/C21H22ClF3N4O3/c22-17-11-15(21(23,24)25)12-28-18(17)29-9-5-14(6-10-29)20(32)27-8-7-26-19(31)13-1-3-16(30)4-2-13/h1-4,11-12,14,30H,5-10H2,(H,26,31)(H,27,32). The van der Waals surface area contributed by atoms with Gasteiger partial charge in [-0.1, -0.05) is 11.6 Å². The van der Waals surface area contributed by atoms with E-state index in [-0.39, 0.29) is 47.4 Å². The van der Waals surface area contributed by atoms with Gasteiger partial charge in [0.15, 0.2) is 0 Å². The van der Waals surface area contributed by atoms with E-state index in [0.29, 0.717) is 31.5 Å². The molecule has 11 heteroatoms. The number of aromatic hydroxyl groups is 1. The molecule has 1 saturated heterocycles. The number of anilines is 1. The van der Waals surface area contributed by atoms with E-state index in [1.165, 1.54) is 24.3 Å². The summed E-state index contributed by atoms with van der Waals surface area (Å²) in [4.78, 5) is 30.0. The van der Waals surface area contributed by atoms with E-state index in [0.717, 1.165) is 12.3 Å². The summed E-state index contributed by atoms with van der Waals surface area (Å²) >= 11 is 6.00. The maximum atomic E-state index is 12.8. The van der Waals surface area contributed by atoms with Crippen LogP contribution in [0.5, 0.6) is 5.75 Å². The molecule has 32 heavy (non-hydrogen) atoms. The van der Waals surface area contributed by atoms with Crippen molar-refractivity contribution in [2.45, 2.75) is 19.0 Å². The van der Waals surface area contributed by atoms with Crippen LogP contribution in [0.4, 0.5) is 19.0 Å². The molecule has 1 fully saturated rings. The fourth-order valence-electron chi connectivity index (χ4n) is 3.39. The number of amides is 2. The van der Waals surface area contributed by atoms with Crippen LogP contribution in [0.25, 0.3) is 0 Å². The van der Waals surface area contributed by atoms with E-state index >= 15 is 0 Å². The van der Waals surface area contributed by atoms with Gasteiger partial charge in [-0.25, -0.2) is 4.98 Å². The van der Waals surface area contributed by atoms with Crippen molar-refractivity contribution in [3.8, 4) is 5.75 Å². The number of phenolic OH excluding ortho intramolecular Hbond substituents is 1. The second-order valence-electron chi connectivity index (χ2n) is 7.38. The van der Waals surface area contributed by atoms with E-state index in [1.54, 1.807) is 4.90 Å². The number of alkyl halides is 3. The minimum Gasteiger partial charge on any atom is -0.508 e. The Balaban J connectivity index is 1.42. The normalized spacial score (nSPS) is 14.8. The minimum absolute atomic E-state index is 0.0660. The molecule has 1 aromatic carbocycles. The summed E-state index contributed by atoms with van der Waals surface area (Å²) in [6, 6.07) is 6.67. The van der Waals surface area contributed by atoms with Crippen LogP contribution < -0.4 is 15.5 Å². The molecule has 3 N–H and O–H groups in total. The highest BCUT2D eigenvalue weighted by molar-refractivity contribution is 6.33. The molecular weight excluding hydrogens is 449 g/mol. The van der Waals surface area contributed by atoms with Crippen LogP contribution >= 0.6 is 11.6 Å². The number of hydrogen-bond donors (Lipinski definition) is 3. The zero-order valence-electron chi connectivity index (χ0n) is 17.0. The van der Waals surface area contributed by atoms with Gasteiger partial charge in [0, 0.05) is 43.9 Å². The van der Waals surface area contributed by atoms with Crippen LogP contribution in [-0.2, 0) is 11.0 Å². The number of rotatable bonds is 6. The van der Waals surface area contributed by atoms with Crippen molar-refractivity contribution in [2.24, 2.45) is 5.92 Å². The summed E-state index contributed by atoms with van der Waals surface area (Å²) < 4.78 is 38.3. The van der Waals surface area contributed by atoms with Gasteiger partial charge in [0.25, 0.3) is 5.91 Å². The first-order valence-corrected chi connectivity index (χ1v) is 10.4. The molecule has 2 aromatic rings. The number of hydrogen-bond acceptors (Lipinski definition) is 5. The zero-order chi connectivity index (χ0) is 23.3. The Morgan fingerprint density at radius 2 is 1.75 bits per heavy atom. The van der Waals surface area contributed by atoms with Crippen molar-refractivity contribution in [2.75, 3.05) is 31.1 Å². The van der Waals surface area contributed by atoms with Crippen LogP contribution in [0.1, 0.15) is 28.8 Å². The summed E-state index contributed by atoms with van der Waals surface area (Å²) in [6.07, 6.45) is -2.74. The molecule has 0 aliphatic carbocycles. The number of pyridine rings is 1. The second kappa shape index (κ2) is 10.1. The molecule has 172 valence electrons. The highest BCUT2D eigenvalue weighted by Gasteiger charge is 2.33. The maximum Gasteiger partial charge on any atom is 0.417 e. The molecule has 2 heterocycles. The van der Waals surface area contributed by atoms with Crippen LogP contribution in [-0.4, -0.2) is 48.1 Å². The Hall–Kier alpha value is -3.01. The molecule has 2 amide bonds. The Labute approximate surface area is 187 Å². The van der Waals surface area contributed by atoms with E-state index < -0.39 is 11.7 Å². The summed E-state index contributed by atoms with van der Waals surface area (Å²) in [7, 11) is 0. The number of carbonyl (C=O) groups excluding carboxylic acids is 2. The fourth-order valence-corrected chi connectivity index (χ4v) is 3.68. The molecule has 1 aliphatic rings. The number of benzene rings is 1. The predicted molar refractivity (Wildman–Crippen MR) is 113 cm³/mol. The van der Waals surface area contributed by atoms with Gasteiger partial charge in [-0.05, 0) is 43.2 Å². The van der Waals surface area contributed by atoms with Crippen molar-refractivity contribution >= 4 is 29.2 Å². The molecule has 0 bridgehead atoms. The molecule has 7 nitrogen and oxygen atoms in total. The van der Waals surface area contributed by atoms with Gasteiger partial charge in [-0.3, -0.25) is 9.59 Å². The number of piperidine rings is 1. The summed E-state index contributed by atoms with van der Waals surface area (Å²) in [5.74, 6) is -0.359. The van der Waals surface area contributed by atoms with Gasteiger partial charge in [0.1, 0.15) is 11.6 Å². The highest BCUT2D eigenvalue weighted by atomic mass is 35.5. The van der Waals surface area contributed by atoms with Crippen molar-refractivity contribution in [3.05, 3.63) is 52.7 Å². The van der Waals surface area contributed by atoms with Crippen LogP contribution in [0.15, 0.2) is 36.5 Å². The van der Waals surface area contributed by atoms with E-state index in [4.69, 9.17) is 11.6 Å². The van der Waals surface area contributed by atoms with Crippen LogP contribution in [0.3, 0.4) is 0 Å². The topological polar surface area (TPSA) is 94.6 Å². The van der Waals surface area contributed by atoms with Gasteiger partial charge in [0.05, 0.1) is 10.6 Å². The molecule has 0 radical (unpaired) electrons. The number of nitrogens with zero attached hydrogens (tertiary/aromatic N) is 2. The van der Waals surface area contributed by atoms with Gasteiger partial charge in [-0.2, -0.15) is 13.2 Å². The Morgan fingerprint density at radius 1 is 1.12 bits per heavy atom. The summed E-state index contributed by atoms with van der Waals surface area (Å²) in [5, 5.41) is 14.6. The summed E-state index contributed by atoms with van der Waals surface area (Å²) in [6.45, 7) is 1.38. The minimum atomic E-state index is -4.51. The number of halogens is 4. The lowest BCUT2D eigenvalue weighted by molar-refractivity contribution is -0.137. The van der Waals surface area contributed by atoms with Crippen molar-refractivity contribution in [1.29, 1.82) is 0 Å². The second-order valence-corrected chi connectivity index (χ2v) is 7.79. The van der Waals surface area contributed by atoms with Gasteiger partial charge in [0.2, 0.25) is 5.91 Å². The molecule has 1 aliphatic heterocycles. The predicted octanol–water partition coefficient (Wildman–Crippen LogP) is 3.22. The lowest BCUT2D eigenvalue weighted by Gasteiger charge is -2.32. The maximum absolute atomic E-state index is 12.8. The van der Waals surface area contributed by atoms with E-state index in [9.17, 15) is 27.9 Å². The molecule has 0 atom stereocenters. The van der Waals surface area contributed by atoms with E-state index in [1.807, 2.05) is 0 Å². The van der Waals surface area contributed by atoms with Gasteiger partial charge >= 0.3 is 6.18 Å². The van der Waals surface area contributed by atoms with Gasteiger partial charge in [-0.15, -0.1) is 0 Å². The average Bonchev–Trinajstić information content (AvgIpc) is 2.76. The fraction of sp³-hybridized carbons (Fsp3) is 0.381. The van der Waals surface area contributed by atoms with Crippen molar-refractivity contribution < 1.29 is 27.9 Å². The molecule has 3 rings (SSSR count). The largest absolute Gasteiger partial charge is 0.508 e. The van der Waals surface area contributed by atoms with Crippen molar-refractivity contribution in [3.63, 3.8) is 0 Å². The number of aromatic nitrogens is 1. The first-order valence-electron chi connectivity index (χ1n) is 9.98. The SMILES string of the molecule is O=C(NCCNC(=O)C1CCN(c2ncc(C(F)(F)F)cc2Cl)CC1)c1ccc(O)cc1. The Kier molecular flexibility index (Phi) is 7.44. The lowest BCUT2D eigenvalue weighted by Crippen LogP contribution is -2.43. The number of nitrogens with one attached hydrogen (secondary N) is 2. The Bertz CT molecular complexity index is 962. The lowest BCUT2D eigenvalue weighted by atomic mass is 9.96. The third-order valence-corrected chi connectivity index (χ3v) is 5.43. The third-order valence-electron chi connectivity index (χ3n) is 5.15. The third kappa shape index (κ3) is 6.03. The molecule has 0 spiro atoms. The number of phenols is 1. The quantitative estimate of drug-likeness (QED) is 0.563. The molecule has 0 unspecified atom stereocenters. The molecule has 0 saturated carbocycles. The van der Waals surface area contributed by atoms with Crippen LogP contribution in [0, 0.1) is 5.92 Å². The first-order chi connectivity index (χ1) is 15.1. The number of carbonyl (C=O) groups is 2. The zero-order valence-corrected chi connectivity index (χ0v) is 17.7. The highest BCUT2D eigenvalue weighted by Crippen LogP contribution is 2.34. The molecular formula is C21H22ClF3N4O3. The first kappa shape index (κ1) is 23.6. The van der Waals surface area contributed by atoms with Crippen molar-refractivity contribution in [1.82, 2.24) is 15.6 Å². The van der Waals surface area contributed by atoms with Crippen LogP contribution in [0.2, 0.25) is 5.02 Å². The monoisotopic (exact) mass is 470 g/mol. The summed E-state index contributed by atoms with van der Waals surface area (Å²) in [5.41, 5.74) is -0.505.